The number of hydrogen-bond acceptors (Lipinski definition) is 7. The van der Waals surface area contributed by atoms with Crippen molar-refractivity contribution in [3.05, 3.63) is 34.5 Å². The van der Waals surface area contributed by atoms with Gasteiger partial charge in [0.1, 0.15) is 5.01 Å². The van der Waals surface area contributed by atoms with Gasteiger partial charge >= 0.3 is 0 Å². The second-order valence-corrected chi connectivity index (χ2v) is 7.77. The van der Waals surface area contributed by atoms with Gasteiger partial charge in [-0.2, -0.15) is 0 Å². The molecule has 3 rings (SSSR count). The molecule has 1 aliphatic rings. The lowest BCUT2D eigenvalue weighted by Gasteiger charge is -2.34. The predicted octanol–water partition coefficient (Wildman–Crippen LogP) is 1.74. The van der Waals surface area contributed by atoms with Crippen molar-refractivity contribution in [1.82, 2.24) is 30.5 Å². The third-order valence-corrected chi connectivity index (χ3v) is 5.36. The van der Waals surface area contributed by atoms with Gasteiger partial charge in [0.25, 0.3) is 0 Å². The van der Waals surface area contributed by atoms with E-state index in [2.05, 4.69) is 47.3 Å². The highest BCUT2D eigenvalue weighted by Crippen LogP contribution is 2.11. The van der Waals surface area contributed by atoms with E-state index in [9.17, 15) is 0 Å². The van der Waals surface area contributed by atoms with Crippen molar-refractivity contribution in [3.8, 4) is 0 Å². The van der Waals surface area contributed by atoms with Crippen molar-refractivity contribution < 1.29 is 0 Å². The molecular formula is C18H29IN8S. The van der Waals surface area contributed by atoms with E-state index in [1.54, 1.807) is 30.8 Å². The molecule has 0 radical (unpaired) electrons. The Morgan fingerprint density at radius 1 is 1.14 bits per heavy atom. The van der Waals surface area contributed by atoms with E-state index in [1.165, 1.54) is 4.88 Å². The Kier molecular flexibility index (Phi) is 9.85. The minimum absolute atomic E-state index is 0. The largest absolute Gasteiger partial charge is 0.356 e. The second kappa shape index (κ2) is 12.1. The average molecular weight is 516 g/mol. The van der Waals surface area contributed by atoms with E-state index in [4.69, 9.17) is 0 Å². The van der Waals surface area contributed by atoms with Crippen LogP contribution in [0.2, 0.25) is 0 Å². The topological polar surface area (TPSA) is 81.6 Å². The van der Waals surface area contributed by atoms with E-state index >= 15 is 0 Å². The third-order valence-electron chi connectivity index (χ3n) is 4.45. The first-order valence-corrected chi connectivity index (χ1v) is 10.2. The van der Waals surface area contributed by atoms with Crippen LogP contribution in [0.15, 0.2) is 29.6 Å². The van der Waals surface area contributed by atoms with Crippen LogP contribution >= 0.6 is 35.3 Å². The van der Waals surface area contributed by atoms with Gasteiger partial charge in [-0.3, -0.25) is 9.89 Å². The first kappa shape index (κ1) is 22.8. The lowest BCUT2D eigenvalue weighted by Crippen LogP contribution is -2.47. The number of aromatic nitrogens is 3. The van der Waals surface area contributed by atoms with Gasteiger partial charge in [0.2, 0.25) is 5.95 Å². The molecule has 0 unspecified atom stereocenters. The van der Waals surface area contributed by atoms with Crippen molar-refractivity contribution in [2.24, 2.45) is 4.99 Å². The fourth-order valence-electron chi connectivity index (χ4n) is 3.00. The zero-order chi connectivity index (χ0) is 18.9. The third kappa shape index (κ3) is 7.13. The Morgan fingerprint density at radius 3 is 2.54 bits per heavy atom. The standard InChI is InChI=1S/C18H28N8S.HI/c1-15-13-23-16(27-15)14-24-17(19-2)20-7-4-8-25-9-11-26(12-10-25)18-21-5-3-6-22-18;/h3,5-6,13H,4,7-12,14H2,1-2H3,(H2,19,20,24);1H. The summed E-state index contributed by atoms with van der Waals surface area (Å²) in [7, 11) is 1.80. The summed E-state index contributed by atoms with van der Waals surface area (Å²) in [4.78, 5) is 23.3. The van der Waals surface area contributed by atoms with Gasteiger partial charge in [0.15, 0.2) is 5.96 Å². The zero-order valence-corrected chi connectivity index (χ0v) is 19.6. The minimum Gasteiger partial charge on any atom is -0.356 e. The molecular weight excluding hydrogens is 487 g/mol. The van der Waals surface area contributed by atoms with E-state index in [-0.39, 0.29) is 24.0 Å². The molecule has 0 aliphatic carbocycles. The molecule has 1 aliphatic heterocycles. The summed E-state index contributed by atoms with van der Waals surface area (Å²) in [6.45, 7) is 8.82. The highest BCUT2D eigenvalue weighted by molar-refractivity contribution is 14.0. The summed E-state index contributed by atoms with van der Waals surface area (Å²) in [5, 5.41) is 7.77. The average Bonchev–Trinajstić information content (AvgIpc) is 3.14. The molecule has 2 aromatic heterocycles. The number of hydrogen-bond donors (Lipinski definition) is 2. The maximum absolute atomic E-state index is 4.36. The lowest BCUT2D eigenvalue weighted by molar-refractivity contribution is 0.254. The number of anilines is 1. The van der Waals surface area contributed by atoms with Crippen LogP contribution in [0.4, 0.5) is 5.95 Å². The van der Waals surface area contributed by atoms with Crippen LogP contribution in [0.25, 0.3) is 0 Å². The first-order chi connectivity index (χ1) is 13.2. The molecule has 0 spiro atoms. The smallest absolute Gasteiger partial charge is 0.225 e. The van der Waals surface area contributed by atoms with Crippen molar-refractivity contribution in [3.63, 3.8) is 0 Å². The molecule has 2 N–H and O–H groups in total. The van der Waals surface area contributed by atoms with Gasteiger partial charge in [-0.25, -0.2) is 15.0 Å². The molecule has 0 saturated carbocycles. The molecule has 0 aromatic carbocycles. The van der Waals surface area contributed by atoms with Gasteiger partial charge < -0.3 is 15.5 Å². The van der Waals surface area contributed by atoms with E-state index in [0.717, 1.165) is 62.6 Å². The van der Waals surface area contributed by atoms with Crippen LogP contribution in [0.5, 0.6) is 0 Å². The fraction of sp³-hybridized carbons (Fsp3) is 0.556. The van der Waals surface area contributed by atoms with Crippen LogP contribution in [0.3, 0.4) is 0 Å². The lowest BCUT2D eigenvalue weighted by atomic mass is 10.3. The Labute approximate surface area is 187 Å². The van der Waals surface area contributed by atoms with Crippen molar-refractivity contribution in [2.75, 3.05) is 51.2 Å². The highest BCUT2D eigenvalue weighted by atomic mass is 127. The molecule has 3 heterocycles. The highest BCUT2D eigenvalue weighted by Gasteiger charge is 2.18. The van der Waals surface area contributed by atoms with Crippen molar-refractivity contribution in [2.45, 2.75) is 19.9 Å². The maximum atomic E-state index is 4.36. The summed E-state index contributed by atoms with van der Waals surface area (Å²) >= 11 is 1.71. The number of rotatable bonds is 7. The van der Waals surface area contributed by atoms with Gasteiger partial charge in [-0.15, -0.1) is 35.3 Å². The number of aryl methyl sites for hydroxylation is 1. The molecule has 0 atom stereocenters. The number of aliphatic imine (C=N–C) groups is 1. The van der Waals surface area contributed by atoms with E-state index in [1.807, 2.05) is 12.3 Å². The monoisotopic (exact) mass is 516 g/mol. The predicted molar refractivity (Wildman–Crippen MR) is 126 cm³/mol. The van der Waals surface area contributed by atoms with Crippen molar-refractivity contribution >= 4 is 47.2 Å². The molecule has 154 valence electrons. The van der Waals surface area contributed by atoms with E-state index < -0.39 is 0 Å². The molecule has 8 nitrogen and oxygen atoms in total. The number of thiazole rings is 1. The quantitative estimate of drug-likeness (QED) is 0.251. The number of guanidine groups is 1. The maximum Gasteiger partial charge on any atom is 0.225 e. The number of halogens is 1. The summed E-state index contributed by atoms with van der Waals surface area (Å²) in [6.07, 6.45) is 6.59. The van der Waals surface area contributed by atoms with Crippen LogP contribution in [-0.4, -0.2) is 72.1 Å². The Balaban J connectivity index is 0.00000280. The van der Waals surface area contributed by atoms with Gasteiger partial charge in [-0.1, -0.05) is 0 Å². The van der Waals surface area contributed by atoms with Gasteiger partial charge in [-0.05, 0) is 26.0 Å². The Bertz CT molecular complexity index is 715. The Hall–Kier alpha value is -1.53. The molecule has 0 bridgehead atoms. The molecule has 10 heteroatoms. The van der Waals surface area contributed by atoms with Crippen molar-refractivity contribution in [1.29, 1.82) is 0 Å². The van der Waals surface area contributed by atoms with Crippen LogP contribution < -0.4 is 15.5 Å². The molecule has 1 fully saturated rings. The summed E-state index contributed by atoms with van der Waals surface area (Å²) in [5.41, 5.74) is 0. The van der Waals surface area contributed by atoms with Gasteiger partial charge in [0.05, 0.1) is 6.54 Å². The first-order valence-electron chi connectivity index (χ1n) is 9.35. The minimum atomic E-state index is 0. The van der Waals surface area contributed by atoms with Crippen LogP contribution in [0.1, 0.15) is 16.3 Å². The number of nitrogens with zero attached hydrogens (tertiary/aromatic N) is 6. The zero-order valence-electron chi connectivity index (χ0n) is 16.5. The molecule has 2 aromatic rings. The second-order valence-electron chi connectivity index (χ2n) is 6.45. The SMILES string of the molecule is CN=C(NCCCN1CCN(c2ncccn2)CC1)NCc1ncc(C)s1.I. The number of nitrogens with one attached hydrogen (secondary N) is 2. The molecule has 28 heavy (non-hydrogen) atoms. The Morgan fingerprint density at radius 2 is 1.89 bits per heavy atom. The normalized spacial score (nSPS) is 15.2. The summed E-state index contributed by atoms with van der Waals surface area (Å²) < 4.78 is 0. The van der Waals surface area contributed by atoms with Gasteiger partial charge in [0, 0.05) is 63.2 Å². The molecule has 1 saturated heterocycles. The number of piperazine rings is 1. The fourth-order valence-corrected chi connectivity index (χ4v) is 3.73. The summed E-state index contributed by atoms with van der Waals surface area (Å²) in [5.74, 6) is 1.66. The van der Waals surface area contributed by atoms with Crippen LogP contribution in [-0.2, 0) is 6.54 Å². The van der Waals surface area contributed by atoms with E-state index in [0.29, 0.717) is 6.54 Å². The van der Waals surface area contributed by atoms with Crippen LogP contribution in [0, 0.1) is 6.92 Å². The summed E-state index contributed by atoms with van der Waals surface area (Å²) in [6, 6.07) is 1.85. The molecule has 0 amide bonds.